The molecule has 8 nitrogen and oxygen atoms in total. The normalized spacial score (nSPS) is 11.7. The average molecular weight is 545 g/mol. The molecule has 0 radical (unpaired) electrons. The zero-order valence-corrected chi connectivity index (χ0v) is 23.1. The molecule has 0 atom stereocenters. The van der Waals surface area contributed by atoms with E-state index in [9.17, 15) is 13.2 Å². The number of amides is 1. The molecule has 0 unspecified atom stereocenters. The van der Waals surface area contributed by atoms with Gasteiger partial charge in [0.2, 0.25) is 10.0 Å². The van der Waals surface area contributed by atoms with Crippen LogP contribution in [0, 0.1) is 13.8 Å². The molecule has 0 spiro atoms. The first-order chi connectivity index (χ1) is 18.8. The zero-order chi connectivity index (χ0) is 27.8. The van der Waals surface area contributed by atoms with Gasteiger partial charge in [0.25, 0.3) is 5.91 Å². The number of methoxy groups -OCH3 is 1. The van der Waals surface area contributed by atoms with Crippen LogP contribution in [-0.4, -0.2) is 49.6 Å². The summed E-state index contributed by atoms with van der Waals surface area (Å²) in [6.07, 6.45) is 2.04. The summed E-state index contributed by atoms with van der Waals surface area (Å²) in [6.45, 7) is 3.76. The SMILES string of the molecule is COc1ccc(-n2c(C)cc(/C=N/NC(=O)CN(CCc3ccccc3)S(=O)(=O)c3ccccc3)c2C)cc1. The summed E-state index contributed by atoms with van der Waals surface area (Å²) in [5, 5.41) is 4.12. The molecule has 0 saturated carbocycles. The number of aryl methyl sites for hydroxylation is 1. The van der Waals surface area contributed by atoms with Crippen molar-refractivity contribution >= 4 is 22.1 Å². The number of hydrogen-bond acceptors (Lipinski definition) is 5. The number of benzene rings is 3. The van der Waals surface area contributed by atoms with E-state index in [0.717, 1.165) is 34.0 Å². The summed E-state index contributed by atoms with van der Waals surface area (Å²) in [7, 11) is -2.25. The Balaban J connectivity index is 1.47. The molecule has 0 aliphatic rings. The molecule has 1 aromatic heterocycles. The number of sulfonamides is 1. The number of nitrogens with zero attached hydrogens (tertiary/aromatic N) is 3. The predicted molar refractivity (Wildman–Crippen MR) is 153 cm³/mol. The van der Waals surface area contributed by atoms with Gasteiger partial charge in [0.05, 0.1) is 24.8 Å². The number of rotatable bonds is 11. The molecule has 4 aromatic rings. The van der Waals surface area contributed by atoms with Gasteiger partial charge in [-0.3, -0.25) is 4.79 Å². The summed E-state index contributed by atoms with van der Waals surface area (Å²) in [4.78, 5) is 13.0. The van der Waals surface area contributed by atoms with Gasteiger partial charge < -0.3 is 9.30 Å². The van der Waals surface area contributed by atoms with Gasteiger partial charge in [-0.2, -0.15) is 9.41 Å². The van der Waals surface area contributed by atoms with Crippen molar-refractivity contribution in [1.29, 1.82) is 0 Å². The molecule has 202 valence electrons. The maximum Gasteiger partial charge on any atom is 0.255 e. The highest BCUT2D eigenvalue weighted by molar-refractivity contribution is 7.89. The molecular formula is C30H32N4O4S. The second kappa shape index (κ2) is 12.6. The van der Waals surface area contributed by atoms with E-state index in [0.29, 0.717) is 6.42 Å². The van der Waals surface area contributed by atoms with Crippen LogP contribution in [0.4, 0.5) is 0 Å². The Morgan fingerprint density at radius 2 is 1.62 bits per heavy atom. The molecule has 1 heterocycles. The van der Waals surface area contributed by atoms with E-state index in [1.807, 2.05) is 74.5 Å². The van der Waals surface area contributed by atoms with E-state index < -0.39 is 15.9 Å². The third-order valence-corrected chi connectivity index (χ3v) is 8.25. The largest absolute Gasteiger partial charge is 0.497 e. The second-order valence-electron chi connectivity index (χ2n) is 9.04. The van der Waals surface area contributed by atoms with Gasteiger partial charge in [-0.1, -0.05) is 48.5 Å². The van der Waals surface area contributed by atoms with Crippen molar-refractivity contribution in [3.05, 3.63) is 114 Å². The highest BCUT2D eigenvalue weighted by atomic mass is 32.2. The molecule has 0 fully saturated rings. The van der Waals surface area contributed by atoms with Crippen LogP contribution < -0.4 is 10.2 Å². The molecule has 1 amide bonds. The Morgan fingerprint density at radius 1 is 0.974 bits per heavy atom. The van der Waals surface area contributed by atoms with E-state index >= 15 is 0 Å². The van der Waals surface area contributed by atoms with Gasteiger partial charge in [0, 0.05) is 29.2 Å². The molecule has 3 aromatic carbocycles. The number of carbonyl (C=O) groups is 1. The lowest BCUT2D eigenvalue weighted by Gasteiger charge is -2.21. The number of ether oxygens (including phenoxy) is 1. The van der Waals surface area contributed by atoms with Crippen LogP contribution in [0.15, 0.2) is 101 Å². The molecule has 0 saturated heterocycles. The third kappa shape index (κ3) is 6.81. The predicted octanol–water partition coefficient (Wildman–Crippen LogP) is 4.49. The number of hydrogen-bond donors (Lipinski definition) is 1. The minimum absolute atomic E-state index is 0.139. The van der Waals surface area contributed by atoms with Gasteiger partial charge in [-0.15, -0.1) is 0 Å². The van der Waals surface area contributed by atoms with Crippen LogP contribution in [0.2, 0.25) is 0 Å². The summed E-state index contributed by atoms with van der Waals surface area (Å²) in [5.74, 6) is 0.251. The smallest absolute Gasteiger partial charge is 0.255 e. The highest BCUT2D eigenvalue weighted by Gasteiger charge is 2.26. The number of carbonyl (C=O) groups excluding carboxylic acids is 1. The Morgan fingerprint density at radius 3 is 2.26 bits per heavy atom. The summed E-state index contributed by atoms with van der Waals surface area (Å²) in [6, 6.07) is 27.4. The van der Waals surface area contributed by atoms with Gasteiger partial charge in [0.1, 0.15) is 5.75 Å². The van der Waals surface area contributed by atoms with E-state index in [1.54, 1.807) is 31.5 Å². The standard InChI is InChI=1S/C30H32N4O4S/c1-23-20-26(24(2)34(23)27-14-16-28(38-3)17-15-27)21-31-32-30(35)22-33(19-18-25-10-6-4-7-11-25)39(36,37)29-12-8-5-9-13-29/h4-17,20-21H,18-19,22H2,1-3H3,(H,32,35)/b31-21+. The van der Waals surface area contributed by atoms with Crippen LogP contribution in [0.5, 0.6) is 5.75 Å². The molecule has 0 aliphatic carbocycles. The van der Waals surface area contributed by atoms with Crippen LogP contribution in [0.25, 0.3) is 5.69 Å². The van der Waals surface area contributed by atoms with E-state index in [2.05, 4.69) is 15.1 Å². The van der Waals surface area contributed by atoms with Crippen molar-refractivity contribution in [1.82, 2.24) is 14.3 Å². The topological polar surface area (TPSA) is 93.0 Å². The maximum atomic E-state index is 13.3. The summed E-state index contributed by atoms with van der Waals surface area (Å²) >= 11 is 0. The number of nitrogens with one attached hydrogen (secondary N) is 1. The lowest BCUT2D eigenvalue weighted by molar-refractivity contribution is -0.121. The monoisotopic (exact) mass is 544 g/mol. The van der Waals surface area contributed by atoms with Crippen molar-refractivity contribution in [2.24, 2.45) is 5.10 Å². The Kier molecular flexibility index (Phi) is 8.96. The number of hydrazone groups is 1. The molecule has 39 heavy (non-hydrogen) atoms. The van der Waals surface area contributed by atoms with Crippen molar-refractivity contribution in [2.75, 3.05) is 20.2 Å². The number of aromatic nitrogens is 1. The first kappa shape index (κ1) is 27.8. The minimum atomic E-state index is -3.88. The first-order valence-corrected chi connectivity index (χ1v) is 14.0. The summed E-state index contributed by atoms with van der Waals surface area (Å²) < 4.78 is 35.2. The van der Waals surface area contributed by atoms with Crippen LogP contribution in [-0.2, 0) is 21.2 Å². The van der Waals surface area contributed by atoms with Gasteiger partial charge in [-0.05, 0) is 68.3 Å². The van der Waals surface area contributed by atoms with Gasteiger partial charge in [0.15, 0.2) is 0 Å². The zero-order valence-electron chi connectivity index (χ0n) is 22.2. The Bertz CT molecular complexity index is 1530. The van der Waals surface area contributed by atoms with Crippen LogP contribution >= 0.6 is 0 Å². The van der Waals surface area contributed by atoms with Crippen molar-refractivity contribution in [3.63, 3.8) is 0 Å². The highest BCUT2D eigenvalue weighted by Crippen LogP contribution is 2.22. The molecule has 0 bridgehead atoms. The summed E-state index contributed by atoms with van der Waals surface area (Å²) in [5.41, 5.74) is 7.25. The van der Waals surface area contributed by atoms with Crippen molar-refractivity contribution < 1.29 is 17.9 Å². The first-order valence-electron chi connectivity index (χ1n) is 12.5. The Labute approximate surface area is 229 Å². The van der Waals surface area contributed by atoms with E-state index in [1.165, 1.54) is 16.4 Å². The molecule has 0 aliphatic heterocycles. The fourth-order valence-corrected chi connectivity index (χ4v) is 5.76. The van der Waals surface area contributed by atoms with Crippen molar-refractivity contribution in [2.45, 2.75) is 25.2 Å². The quantitative estimate of drug-likeness (QED) is 0.223. The van der Waals surface area contributed by atoms with E-state index in [-0.39, 0.29) is 18.0 Å². The second-order valence-corrected chi connectivity index (χ2v) is 11.0. The van der Waals surface area contributed by atoms with E-state index in [4.69, 9.17) is 4.74 Å². The Hall–Kier alpha value is -4.21. The molecular weight excluding hydrogens is 512 g/mol. The third-order valence-electron chi connectivity index (χ3n) is 6.39. The lowest BCUT2D eigenvalue weighted by atomic mass is 10.1. The average Bonchev–Trinajstić information content (AvgIpc) is 3.24. The fourth-order valence-electron chi connectivity index (χ4n) is 4.34. The lowest BCUT2D eigenvalue weighted by Crippen LogP contribution is -2.40. The van der Waals surface area contributed by atoms with Crippen molar-refractivity contribution in [3.8, 4) is 11.4 Å². The fraction of sp³-hybridized carbons (Fsp3) is 0.200. The maximum absolute atomic E-state index is 13.3. The van der Waals surface area contributed by atoms with Gasteiger partial charge in [-0.25, -0.2) is 13.8 Å². The molecule has 9 heteroatoms. The molecule has 1 N–H and O–H groups in total. The molecule has 4 rings (SSSR count). The van der Waals surface area contributed by atoms with Gasteiger partial charge >= 0.3 is 0 Å². The minimum Gasteiger partial charge on any atom is -0.497 e. The van der Waals surface area contributed by atoms with Crippen LogP contribution in [0.3, 0.4) is 0 Å². The van der Waals surface area contributed by atoms with Crippen LogP contribution in [0.1, 0.15) is 22.5 Å².